The zero-order valence-electron chi connectivity index (χ0n) is 13.0. The predicted molar refractivity (Wildman–Crippen MR) is 92.2 cm³/mol. The van der Waals surface area contributed by atoms with Crippen LogP contribution < -0.4 is 0 Å². The van der Waals surface area contributed by atoms with Crippen molar-refractivity contribution >= 4 is 22.9 Å². The van der Waals surface area contributed by atoms with E-state index in [1.54, 1.807) is 23.5 Å². The maximum absolute atomic E-state index is 13.2. The normalized spacial score (nSPS) is 17.0. The van der Waals surface area contributed by atoms with Gasteiger partial charge in [-0.2, -0.15) is 5.10 Å². The first-order valence-electron chi connectivity index (χ1n) is 7.56. The van der Waals surface area contributed by atoms with Gasteiger partial charge in [-0.3, -0.25) is 0 Å². The fourth-order valence-corrected chi connectivity index (χ4v) is 3.92. The van der Waals surface area contributed by atoms with E-state index in [4.69, 9.17) is 10.1 Å². The molecule has 3 aromatic rings. The van der Waals surface area contributed by atoms with Gasteiger partial charge in [0.25, 0.3) is 0 Å². The lowest BCUT2D eigenvalue weighted by molar-refractivity contribution is 0.536. The minimum absolute atomic E-state index is 0.190. The molecule has 1 unspecified atom stereocenters. The number of hydrogen-bond donors (Lipinski definition) is 0. The molecule has 0 radical (unpaired) electrons. The van der Waals surface area contributed by atoms with Gasteiger partial charge in [0.15, 0.2) is 5.82 Å². The fraction of sp³-hybridized carbons (Fsp3) is 0.222. The van der Waals surface area contributed by atoms with Crippen molar-refractivity contribution in [3.05, 3.63) is 58.2 Å². The first kappa shape index (κ1) is 14.3. The van der Waals surface area contributed by atoms with Crippen molar-refractivity contribution in [2.45, 2.75) is 26.3 Å². The number of halogens is 1. The summed E-state index contributed by atoms with van der Waals surface area (Å²) in [6.07, 6.45) is 0.873. The zero-order valence-corrected chi connectivity index (χ0v) is 13.8. The maximum Gasteiger partial charge on any atom is 0.159 e. The summed E-state index contributed by atoms with van der Waals surface area (Å²) >= 11 is 1.74. The van der Waals surface area contributed by atoms with E-state index in [9.17, 15) is 4.39 Å². The summed E-state index contributed by atoms with van der Waals surface area (Å²) in [5.74, 6) is 0.639. The Morgan fingerprint density at radius 1 is 1.17 bits per heavy atom. The summed E-state index contributed by atoms with van der Waals surface area (Å²) in [5, 5.41) is 6.83. The third kappa shape index (κ3) is 2.41. The quantitative estimate of drug-likeness (QED) is 0.641. The van der Waals surface area contributed by atoms with Crippen molar-refractivity contribution in [3.63, 3.8) is 0 Å². The van der Waals surface area contributed by atoms with Crippen molar-refractivity contribution < 1.29 is 4.39 Å². The van der Waals surface area contributed by atoms with Gasteiger partial charge >= 0.3 is 0 Å². The number of benzene rings is 1. The van der Waals surface area contributed by atoms with Gasteiger partial charge in [0.2, 0.25) is 0 Å². The second kappa shape index (κ2) is 5.42. The highest BCUT2D eigenvalue weighted by Gasteiger charge is 2.28. The fourth-order valence-electron chi connectivity index (χ4n) is 3.11. The largest absolute Gasteiger partial charge is 0.238 e. The number of aromatic nitrogens is 2. The Bertz CT molecular complexity index is 876. The van der Waals surface area contributed by atoms with Gasteiger partial charge in [0, 0.05) is 22.6 Å². The highest BCUT2D eigenvalue weighted by molar-refractivity contribution is 7.10. The van der Waals surface area contributed by atoms with E-state index < -0.39 is 0 Å². The van der Waals surface area contributed by atoms with Crippen LogP contribution in [0.15, 0.2) is 46.8 Å². The lowest BCUT2D eigenvalue weighted by atomic mass is 10.0. The monoisotopic (exact) mass is 325 g/mol. The number of thiophene rings is 1. The number of nitrogens with zero attached hydrogens (tertiary/aromatic N) is 3. The standard InChI is InChI=1S/C18H16FN3S/c1-11-10-15(16-4-3-9-23-16)22-18(20-11)17(12(2)21-22)13-5-7-14(19)8-6-13/h3-9,15H,10H2,1-2H3. The van der Waals surface area contributed by atoms with Crippen molar-refractivity contribution in [1.29, 1.82) is 0 Å². The Labute approximate surface area is 138 Å². The van der Waals surface area contributed by atoms with Crippen LogP contribution >= 0.6 is 11.3 Å². The highest BCUT2D eigenvalue weighted by atomic mass is 32.1. The Kier molecular flexibility index (Phi) is 3.38. The lowest BCUT2D eigenvalue weighted by Gasteiger charge is -2.22. The number of fused-ring (bicyclic) bond motifs is 1. The minimum atomic E-state index is -0.233. The Hall–Kier alpha value is -2.27. The van der Waals surface area contributed by atoms with E-state index >= 15 is 0 Å². The van der Waals surface area contributed by atoms with Gasteiger partial charge in [0.1, 0.15) is 5.82 Å². The van der Waals surface area contributed by atoms with Crippen molar-refractivity contribution in [3.8, 4) is 11.1 Å². The van der Waals surface area contributed by atoms with Crippen molar-refractivity contribution in [1.82, 2.24) is 9.78 Å². The first-order valence-corrected chi connectivity index (χ1v) is 8.44. The molecule has 1 atom stereocenters. The molecule has 1 aliphatic heterocycles. The molecule has 4 rings (SSSR count). The number of aliphatic imine (C=N–C) groups is 1. The average Bonchev–Trinajstić information content (AvgIpc) is 3.15. The second-order valence-electron chi connectivity index (χ2n) is 5.82. The summed E-state index contributed by atoms with van der Waals surface area (Å²) in [4.78, 5) is 6.04. The molecular weight excluding hydrogens is 309 g/mol. The van der Waals surface area contributed by atoms with Crippen LogP contribution in [-0.4, -0.2) is 15.5 Å². The molecule has 0 fully saturated rings. The molecule has 1 aromatic carbocycles. The van der Waals surface area contributed by atoms with Crippen LogP contribution in [0.2, 0.25) is 0 Å². The van der Waals surface area contributed by atoms with Gasteiger partial charge in [0.05, 0.1) is 11.7 Å². The summed E-state index contributed by atoms with van der Waals surface area (Å²) < 4.78 is 15.3. The van der Waals surface area contributed by atoms with E-state index in [2.05, 4.69) is 24.4 Å². The van der Waals surface area contributed by atoms with Gasteiger partial charge in [-0.25, -0.2) is 14.1 Å². The van der Waals surface area contributed by atoms with Crippen LogP contribution in [0.25, 0.3) is 11.1 Å². The van der Waals surface area contributed by atoms with Crippen LogP contribution in [-0.2, 0) is 0 Å². The molecule has 3 heterocycles. The Morgan fingerprint density at radius 3 is 2.65 bits per heavy atom. The molecular formula is C18H16FN3S. The van der Waals surface area contributed by atoms with Crippen LogP contribution in [0.5, 0.6) is 0 Å². The molecule has 116 valence electrons. The molecule has 0 aliphatic carbocycles. The van der Waals surface area contributed by atoms with Gasteiger partial charge < -0.3 is 0 Å². The first-order chi connectivity index (χ1) is 11.1. The van der Waals surface area contributed by atoms with Crippen LogP contribution in [0.3, 0.4) is 0 Å². The Morgan fingerprint density at radius 2 is 1.96 bits per heavy atom. The molecule has 0 amide bonds. The smallest absolute Gasteiger partial charge is 0.159 e. The predicted octanol–water partition coefficient (Wildman–Crippen LogP) is 5.14. The van der Waals surface area contributed by atoms with Gasteiger partial charge in [-0.05, 0) is 43.0 Å². The lowest BCUT2D eigenvalue weighted by Crippen LogP contribution is -2.18. The molecule has 3 nitrogen and oxygen atoms in total. The highest BCUT2D eigenvalue weighted by Crippen LogP contribution is 2.41. The molecule has 0 spiro atoms. The topological polar surface area (TPSA) is 30.2 Å². The van der Waals surface area contributed by atoms with Crippen LogP contribution in [0.1, 0.15) is 30.0 Å². The van der Waals surface area contributed by atoms with E-state index in [1.807, 2.05) is 11.6 Å². The van der Waals surface area contributed by atoms with Crippen LogP contribution in [0, 0.1) is 12.7 Å². The third-order valence-corrected chi connectivity index (χ3v) is 5.12. The summed E-state index contributed by atoms with van der Waals surface area (Å²) in [5.41, 5.74) is 3.96. The maximum atomic E-state index is 13.2. The average molecular weight is 325 g/mol. The molecule has 0 bridgehead atoms. The Balaban J connectivity index is 1.90. The van der Waals surface area contributed by atoms with E-state index in [-0.39, 0.29) is 11.9 Å². The molecule has 5 heteroatoms. The van der Waals surface area contributed by atoms with Gasteiger partial charge in [-0.15, -0.1) is 11.3 Å². The number of hydrogen-bond acceptors (Lipinski definition) is 3. The van der Waals surface area contributed by atoms with Crippen molar-refractivity contribution in [2.75, 3.05) is 0 Å². The molecule has 0 N–H and O–H groups in total. The SMILES string of the molecule is CC1=Nc2c(-c3ccc(F)cc3)c(C)nn2C(c2cccs2)C1. The summed E-state index contributed by atoms with van der Waals surface area (Å²) in [6, 6.07) is 10.9. The number of rotatable bonds is 2. The van der Waals surface area contributed by atoms with E-state index in [1.165, 1.54) is 17.0 Å². The molecule has 0 saturated heterocycles. The minimum Gasteiger partial charge on any atom is -0.238 e. The van der Waals surface area contributed by atoms with Gasteiger partial charge in [-0.1, -0.05) is 18.2 Å². The zero-order chi connectivity index (χ0) is 16.0. The van der Waals surface area contributed by atoms with E-state index in [0.717, 1.165) is 34.8 Å². The van der Waals surface area contributed by atoms with Crippen molar-refractivity contribution in [2.24, 2.45) is 4.99 Å². The third-order valence-electron chi connectivity index (χ3n) is 4.15. The van der Waals surface area contributed by atoms with E-state index in [0.29, 0.717) is 0 Å². The summed E-state index contributed by atoms with van der Waals surface area (Å²) in [7, 11) is 0. The molecule has 23 heavy (non-hydrogen) atoms. The summed E-state index contributed by atoms with van der Waals surface area (Å²) in [6.45, 7) is 4.04. The van der Waals surface area contributed by atoms with Crippen LogP contribution in [0.4, 0.5) is 10.2 Å². The number of aryl methyl sites for hydroxylation is 1. The second-order valence-corrected chi connectivity index (χ2v) is 6.80. The molecule has 0 saturated carbocycles. The molecule has 2 aromatic heterocycles. The molecule has 1 aliphatic rings.